The van der Waals surface area contributed by atoms with Gasteiger partial charge in [-0.2, -0.15) is 0 Å². The molecule has 0 heterocycles. The van der Waals surface area contributed by atoms with Gasteiger partial charge < -0.3 is 10.2 Å². The molecule has 1 amide bonds. The van der Waals surface area contributed by atoms with Gasteiger partial charge in [0.2, 0.25) is 0 Å². The molecule has 0 saturated heterocycles. The van der Waals surface area contributed by atoms with Gasteiger partial charge in [-0.05, 0) is 54.1 Å². The lowest BCUT2D eigenvalue weighted by Crippen LogP contribution is -2.22. The van der Waals surface area contributed by atoms with Gasteiger partial charge in [0.15, 0.2) is 5.78 Å². The molecule has 0 aliphatic carbocycles. The van der Waals surface area contributed by atoms with Crippen LogP contribution in [0.2, 0.25) is 10.0 Å². The van der Waals surface area contributed by atoms with E-state index in [1.165, 1.54) is 23.1 Å². The average molecular weight is 488 g/mol. The van der Waals surface area contributed by atoms with Crippen LogP contribution in [-0.4, -0.2) is 36.5 Å². The first kappa shape index (κ1) is 26.0. The lowest BCUT2D eigenvalue weighted by molar-refractivity contribution is 0.0988. The summed E-state index contributed by atoms with van der Waals surface area (Å²) in [7, 11) is 3.35. The third-order valence-corrected chi connectivity index (χ3v) is 5.25. The molecule has 33 heavy (non-hydrogen) atoms. The van der Waals surface area contributed by atoms with Crippen LogP contribution < -0.4 is 5.32 Å². The van der Waals surface area contributed by atoms with Gasteiger partial charge in [-0.15, -0.1) is 0 Å². The van der Waals surface area contributed by atoms with Gasteiger partial charge in [0, 0.05) is 47.4 Å². The molecule has 0 spiro atoms. The summed E-state index contributed by atoms with van der Waals surface area (Å²) in [5.41, 5.74) is 1.40. The maximum absolute atomic E-state index is 14.6. The van der Waals surface area contributed by atoms with E-state index < -0.39 is 17.5 Å². The van der Waals surface area contributed by atoms with Crippen LogP contribution in [0.4, 0.5) is 10.1 Å². The first-order chi connectivity index (χ1) is 15.2. The highest BCUT2D eigenvalue weighted by Gasteiger charge is 2.19. The third-order valence-electron chi connectivity index (χ3n) is 4.76. The molecule has 172 valence electrons. The number of hydrogen-bond acceptors (Lipinski definition) is 3. The topological polar surface area (TPSA) is 73.3 Å². The number of rotatable bonds is 6. The Labute approximate surface area is 202 Å². The molecule has 0 atom stereocenters. The molecule has 5 nitrogen and oxygen atoms in total. The molecular weight excluding hydrogens is 464 g/mol. The fourth-order valence-corrected chi connectivity index (χ4v) is 3.36. The number of nitrogens with zero attached hydrogens (tertiary/aromatic N) is 1. The first-order valence-corrected chi connectivity index (χ1v) is 10.4. The number of carbonyl (C=O) groups excluding carboxylic acids is 2. The largest absolute Gasteiger partial charge is 0.363 e. The summed E-state index contributed by atoms with van der Waals surface area (Å²) < 4.78 is 14.6. The van der Waals surface area contributed by atoms with Crippen molar-refractivity contribution in [3.63, 3.8) is 0 Å². The van der Waals surface area contributed by atoms with Gasteiger partial charge in [0.25, 0.3) is 5.91 Å². The van der Waals surface area contributed by atoms with E-state index in [4.69, 9.17) is 28.6 Å². The minimum Gasteiger partial charge on any atom is -0.363 e. The van der Waals surface area contributed by atoms with Gasteiger partial charge in [0.1, 0.15) is 11.7 Å². The fourth-order valence-electron chi connectivity index (χ4n) is 3.06. The predicted octanol–water partition coefficient (Wildman–Crippen LogP) is 6.33. The molecule has 0 unspecified atom stereocenters. The summed E-state index contributed by atoms with van der Waals surface area (Å²) >= 11 is 11.9. The van der Waals surface area contributed by atoms with Gasteiger partial charge in [0.05, 0.1) is 5.56 Å². The second kappa shape index (κ2) is 11.1. The molecule has 8 heteroatoms. The number of carbonyl (C=O) groups is 2. The lowest BCUT2D eigenvalue weighted by Gasteiger charge is -2.14. The summed E-state index contributed by atoms with van der Waals surface area (Å²) in [5, 5.41) is 11.6. The zero-order valence-electron chi connectivity index (χ0n) is 17.4. The van der Waals surface area contributed by atoms with Crippen molar-refractivity contribution in [3.05, 3.63) is 98.8 Å². The number of amides is 1. The van der Waals surface area contributed by atoms with Gasteiger partial charge in [-0.25, -0.2) is 4.39 Å². The quantitative estimate of drug-likeness (QED) is 0.242. The Balaban J connectivity index is 0.00000385. The molecule has 0 radical (unpaired) electrons. The maximum atomic E-state index is 14.6. The molecule has 2 N–H and O–H groups in total. The SMILES string of the molecule is C.CN(C)C(=N)c1ccc(C(=O)Cc2ccc(Cl)cc2C(=O)Nc2ccc(Cl)cc2)c(F)c1. The highest BCUT2D eigenvalue weighted by Crippen LogP contribution is 2.22. The fraction of sp³-hybridized carbons (Fsp3) is 0.160. The third kappa shape index (κ3) is 6.40. The molecule has 3 rings (SSSR count). The molecule has 3 aromatic carbocycles. The van der Waals surface area contributed by atoms with Gasteiger partial charge in [-0.1, -0.05) is 42.8 Å². The first-order valence-electron chi connectivity index (χ1n) is 9.60. The van der Waals surface area contributed by atoms with Crippen LogP contribution in [0.5, 0.6) is 0 Å². The van der Waals surface area contributed by atoms with Gasteiger partial charge in [-0.3, -0.25) is 15.0 Å². The van der Waals surface area contributed by atoms with E-state index in [1.807, 2.05) is 0 Å². The lowest BCUT2D eigenvalue weighted by atomic mass is 9.97. The number of halogens is 3. The van der Waals surface area contributed by atoms with Crippen LogP contribution in [-0.2, 0) is 6.42 Å². The zero-order chi connectivity index (χ0) is 23.4. The molecule has 0 bridgehead atoms. The van der Waals surface area contributed by atoms with Crippen molar-refractivity contribution >= 4 is 46.4 Å². The number of benzene rings is 3. The van der Waals surface area contributed by atoms with E-state index in [1.54, 1.807) is 50.5 Å². The number of anilines is 1. The van der Waals surface area contributed by atoms with Crippen molar-refractivity contribution in [1.82, 2.24) is 4.90 Å². The zero-order valence-corrected chi connectivity index (χ0v) is 18.9. The molecular formula is C25H24Cl2FN3O2. The van der Waals surface area contributed by atoms with Crippen LogP contribution in [0.1, 0.15) is 39.3 Å². The minimum atomic E-state index is -0.722. The van der Waals surface area contributed by atoms with E-state index >= 15 is 0 Å². The smallest absolute Gasteiger partial charge is 0.256 e. The molecule has 0 fully saturated rings. The van der Waals surface area contributed by atoms with Gasteiger partial charge >= 0.3 is 0 Å². The highest BCUT2D eigenvalue weighted by atomic mass is 35.5. The van der Waals surface area contributed by atoms with Crippen molar-refractivity contribution in [1.29, 1.82) is 5.41 Å². The molecule has 0 aromatic heterocycles. The Morgan fingerprint density at radius 3 is 2.18 bits per heavy atom. The number of nitrogens with one attached hydrogen (secondary N) is 2. The molecule has 0 aliphatic heterocycles. The van der Waals surface area contributed by atoms with E-state index in [0.717, 1.165) is 6.07 Å². The number of hydrogen-bond donors (Lipinski definition) is 2. The maximum Gasteiger partial charge on any atom is 0.256 e. The Morgan fingerprint density at radius 2 is 1.58 bits per heavy atom. The van der Waals surface area contributed by atoms with E-state index in [9.17, 15) is 14.0 Å². The normalized spacial score (nSPS) is 10.2. The van der Waals surface area contributed by atoms with Crippen molar-refractivity contribution in [2.75, 3.05) is 19.4 Å². The molecule has 0 aliphatic rings. The summed E-state index contributed by atoms with van der Waals surface area (Å²) in [4.78, 5) is 27.2. The Hall–Kier alpha value is -3.22. The summed E-state index contributed by atoms with van der Waals surface area (Å²) in [6, 6.07) is 15.2. The predicted molar refractivity (Wildman–Crippen MR) is 133 cm³/mol. The van der Waals surface area contributed by atoms with E-state index in [0.29, 0.717) is 26.9 Å². The standard InChI is InChI=1S/C24H20Cl2FN3O2.CH4/c1-30(2)23(28)15-4-10-19(21(27)11-15)22(31)12-14-3-5-17(26)13-20(14)24(32)29-18-8-6-16(25)7-9-18;/h3-11,13,28H,12H2,1-2H3,(H,29,32);1H4. The van der Waals surface area contributed by atoms with Crippen molar-refractivity contribution in [3.8, 4) is 0 Å². The second-order valence-electron chi connectivity index (χ2n) is 7.30. The number of amidine groups is 1. The van der Waals surface area contributed by atoms with Crippen LogP contribution in [0, 0.1) is 11.2 Å². The summed E-state index contributed by atoms with van der Waals surface area (Å²) in [5.74, 6) is -1.54. The summed E-state index contributed by atoms with van der Waals surface area (Å²) in [6.45, 7) is 0. The van der Waals surface area contributed by atoms with E-state index in [2.05, 4.69) is 5.32 Å². The van der Waals surface area contributed by atoms with Crippen LogP contribution in [0.3, 0.4) is 0 Å². The Morgan fingerprint density at radius 1 is 0.939 bits per heavy atom. The molecule has 0 saturated carbocycles. The van der Waals surface area contributed by atoms with Crippen molar-refractivity contribution < 1.29 is 14.0 Å². The Kier molecular flexibility index (Phi) is 8.74. The van der Waals surface area contributed by atoms with Crippen molar-refractivity contribution in [2.24, 2.45) is 0 Å². The summed E-state index contributed by atoms with van der Waals surface area (Å²) in [6.07, 6.45) is -0.193. The number of ketones is 1. The molecule has 3 aromatic rings. The second-order valence-corrected chi connectivity index (χ2v) is 8.17. The monoisotopic (exact) mass is 487 g/mol. The van der Waals surface area contributed by atoms with Crippen LogP contribution in [0.15, 0.2) is 60.7 Å². The van der Waals surface area contributed by atoms with Crippen LogP contribution in [0.25, 0.3) is 0 Å². The van der Waals surface area contributed by atoms with Crippen molar-refractivity contribution in [2.45, 2.75) is 13.8 Å². The van der Waals surface area contributed by atoms with Crippen LogP contribution >= 0.6 is 23.2 Å². The van der Waals surface area contributed by atoms with E-state index in [-0.39, 0.29) is 30.8 Å². The Bertz CT molecular complexity index is 1190. The average Bonchev–Trinajstić information content (AvgIpc) is 2.75. The minimum absolute atomic E-state index is 0. The highest BCUT2D eigenvalue weighted by molar-refractivity contribution is 6.31. The number of Topliss-reactive ketones (excluding diaryl/α,β-unsaturated/α-hetero) is 1.